The molecule has 1 fully saturated rings. The smallest absolute Gasteiger partial charge is 0.268 e. The third kappa shape index (κ3) is 3.36. The van der Waals surface area contributed by atoms with Gasteiger partial charge in [-0.25, -0.2) is 4.39 Å². The van der Waals surface area contributed by atoms with Crippen molar-refractivity contribution in [2.24, 2.45) is 7.05 Å². The highest BCUT2D eigenvalue weighted by atomic mass is 32.1. The fourth-order valence-electron chi connectivity index (χ4n) is 4.08. The van der Waals surface area contributed by atoms with Crippen LogP contribution in [0.4, 0.5) is 4.39 Å². The molecule has 5 rings (SSSR count). The number of aromatic nitrogens is 1. The summed E-state index contributed by atoms with van der Waals surface area (Å²) in [4.78, 5) is 12.6. The first kappa shape index (κ1) is 20.0. The van der Waals surface area contributed by atoms with Crippen molar-refractivity contribution >= 4 is 21.4 Å². The number of hydrogen-bond acceptors (Lipinski definition) is 4. The molecule has 0 saturated heterocycles. The summed E-state index contributed by atoms with van der Waals surface area (Å²) >= 11 is 1.41. The van der Waals surface area contributed by atoms with E-state index in [4.69, 9.17) is 4.74 Å². The average molecular weight is 436 g/mol. The Balaban J connectivity index is 1.74. The summed E-state index contributed by atoms with van der Waals surface area (Å²) in [7, 11) is 1.73. The maximum atomic E-state index is 13.8. The third-order valence-electron chi connectivity index (χ3n) is 5.96. The molecular formula is C25H22FNO3S. The monoisotopic (exact) mass is 435 g/mol. The second-order valence-corrected chi connectivity index (χ2v) is 9.25. The fraction of sp³-hybridized carbons (Fsp3) is 0.240. The molecule has 0 radical (unpaired) electrons. The summed E-state index contributed by atoms with van der Waals surface area (Å²) in [5.74, 6) is 0.899. The van der Waals surface area contributed by atoms with Gasteiger partial charge in [-0.3, -0.25) is 4.79 Å². The number of nitrogens with zero attached hydrogens (tertiary/aromatic N) is 1. The van der Waals surface area contributed by atoms with Gasteiger partial charge in [0.1, 0.15) is 22.0 Å². The van der Waals surface area contributed by atoms with E-state index >= 15 is 0 Å². The molecule has 1 aliphatic rings. The maximum absolute atomic E-state index is 13.8. The van der Waals surface area contributed by atoms with Gasteiger partial charge in [0.2, 0.25) is 0 Å². The zero-order chi connectivity index (χ0) is 21.9. The van der Waals surface area contributed by atoms with Gasteiger partial charge in [-0.2, -0.15) is 0 Å². The Morgan fingerprint density at radius 1 is 1.10 bits per heavy atom. The van der Waals surface area contributed by atoms with E-state index in [0.29, 0.717) is 27.3 Å². The summed E-state index contributed by atoms with van der Waals surface area (Å²) in [6, 6.07) is 10.5. The van der Waals surface area contributed by atoms with Crippen molar-refractivity contribution in [2.45, 2.75) is 32.3 Å². The number of benzene rings is 2. The molecule has 2 heterocycles. The van der Waals surface area contributed by atoms with E-state index in [1.807, 2.05) is 49.7 Å². The molecule has 1 saturated carbocycles. The Morgan fingerprint density at radius 3 is 2.48 bits per heavy atom. The standard InChI is InChI=1S/C25H22FNO3S/c1-14-10-17(26)11-15(2)22(14)30-21-5-4-16(25(29)7-8-25)12-19(21)20-13-27(3)24(28)23-18(20)6-9-31-23/h4-6,9-13,29H,7-8H2,1-3H3. The Bertz CT molecular complexity index is 1370. The number of hydrogen-bond donors (Lipinski definition) is 1. The van der Waals surface area contributed by atoms with Crippen LogP contribution in [-0.2, 0) is 12.6 Å². The normalized spacial score (nSPS) is 14.7. The Morgan fingerprint density at radius 2 is 1.81 bits per heavy atom. The van der Waals surface area contributed by atoms with Gasteiger partial charge in [0.05, 0.1) is 5.60 Å². The second kappa shape index (κ2) is 7.04. The van der Waals surface area contributed by atoms with E-state index in [2.05, 4.69) is 0 Å². The van der Waals surface area contributed by atoms with Gasteiger partial charge in [-0.15, -0.1) is 11.3 Å². The van der Waals surface area contributed by atoms with Crippen LogP contribution in [0.2, 0.25) is 0 Å². The van der Waals surface area contributed by atoms with Crippen molar-refractivity contribution in [1.82, 2.24) is 4.57 Å². The molecule has 0 unspecified atom stereocenters. The number of pyridine rings is 1. The predicted molar refractivity (Wildman–Crippen MR) is 122 cm³/mol. The largest absolute Gasteiger partial charge is 0.456 e. The first-order valence-corrected chi connectivity index (χ1v) is 11.0. The van der Waals surface area contributed by atoms with Gasteiger partial charge in [0, 0.05) is 29.8 Å². The first-order valence-electron chi connectivity index (χ1n) is 10.2. The molecule has 6 heteroatoms. The molecule has 4 aromatic rings. The van der Waals surface area contributed by atoms with Crippen LogP contribution >= 0.6 is 11.3 Å². The minimum Gasteiger partial charge on any atom is -0.456 e. The number of aliphatic hydroxyl groups is 1. The van der Waals surface area contributed by atoms with Gasteiger partial charge in [-0.05, 0) is 79.1 Å². The second-order valence-electron chi connectivity index (χ2n) is 8.34. The van der Waals surface area contributed by atoms with Crippen LogP contribution < -0.4 is 10.3 Å². The van der Waals surface area contributed by atoms with Crippen LogP contribution in [0.1, 0.15) is 29.5 Å². The van der Waals surface area contributed by atoms with E-state index in [1.54, 1.807) is 11.6 Å². The van der Waals surface area contributed by atoms with E-state index in [1.165, 1.54) is 23.5 Å². The Labute approximate surface area is 183 Å². The molecule has 2 aromatic heterocycles. The molecule has 0 amide bonds. The van der Waals surface area contributed by atoms with Crippen LogP contribution in [0.5, 0.6) is 11.5 Å². The molecule has 0 aliphatic heterocycles. The molecular weight excluding hydrogens is 413 g/mol. The summed E-state index contributed by atoms with van der Waals surface area (Å²) in [5.41, 5.74) is 3.04. The van der Waals surface area contributed by atoms with Crippen LogP contribution in [0.25, 0.3) is 21.2 Å². The Hall–Kier alpha value is -2.96. The molecule has 0 atom stereocenters. The lowest BCUT2D eigenvalue weighted by Crippen LogP contribution is -2.15. The average Bonchev–Trinajstić information content (AvgIpc) is 3.28. The van der Waals surface area contributed by atoms with Crippen LogP contribution in [-0.4, -0.2) is 9.67 Å². The van der Waals surface area contributed by atoms with Crippen LogP contribution in [0.3, 0.4) is 0 Å². The highest BCUT2D eigenvalue weighted by Crippen LogP contribution is 2.48. The summed E-state index contributed by atoms with van der Waals surface area (Å²) in [6.45, 7) is 3.63. The molecule has 4 nitrogen and oxygen atoms in total. The number of aryl methyl sites for hydroxylation is 3. The van der Waals surface area contributed by atoms with Gasteiger partial charge >= 0.3 is 0 Å². The SMILES string of the molecule is Cc1cc(F)cc(C)c1Oc1ccc(C2(O)CC2)cc1-c1cn(C)c(=O)c2sccc12. The van der Waals surface area contributed by atoms with Crippen LogP contribution in [0, 0.1) is 19.7 Å². The van der Waals surface area contributed by atoms with E-state index in [0.717, 1.165) is 34.9 Å². The topological polar surface area (TPSA) is 51.5 Å². The fourth-order valence-corrected chi connectivity index (χ4v) is 4.97. The molecule has 31 heavy (non-hydrogen) atoms. The molecule has 0 spiro atoms. The lowest BCUT2D eigenvalue weighted by atomic mass is 9.97. The summed E-state index contributed by atoms with van der Waals surface area (Å²) in [5, 5.41) is 13.5. The van der Waals surface area contributed by atoms with Crippen molar-refractivity contribution in [3.8, 4) is 22.6 Å². The minimum atomic E-state index is -0.802. The third-order valence-corrected chi connectivity index (χ3v) is 6.86. The first-order chi connectivity index (χ1) is 14.8. The summed E-state index contributed by atoms with van der Waals surface area (Å²) in [6.07, 6.45) is 3.26. The van der Waals surface area contributed by atoms with Gasteiger partial charge in [0.25, 0.3) is 5.56 Å². The maximum Gasteiger partial charge on any atom is 0.268 e. The van der Waals surface area contributed by atoms with Gasteiger partial charge in [-0.1, -0.05) is 6.07 Å². The van der Waals surface area contributed by atoms with Crippen molar-refractivity contribution in [3.63, 3.8) is 0 Å². The van der Waals surface area contributed by atoms with Gasteiger partial charge in [0.15, 0.2) is 0 Å². The molecule has 2 aromatic carbocycles. The summed E-state index contributed by atoms with van der Waals surface area (Å²) < 4.78 is 22.4. The molecule has 158 valence electrons. The number of thiophene rings is 1. The zero-order valence-corrected chi connectivity index (χ0v) is 18.3. The number of fused-ring (bicyclic) bond motifs is 1. The number of ether oxygens (including phenoxy) is 1. The predicted octanol–water partition coefficient (Wildman–Crippen LogP) is 5.80. The quantitative estimate of drug-likeness (QED) is 0.441. The highest BCUT2D eigenvalue weighted by molar-refractivity contribution is 7.17. The van der Waals surface area contributed by atoms with Crippen LogP contribution in [0.15, 0.2) is 52.8 Å². The van der Waals surface area contributed by atoms with E-state index in [9.17, 15) is 14.3 Å². The van der Waals surface area contributed by atoms with Crippen molar-refractivity contribution < 1.29 is 14.2 Å². The van der Waals surface area contributed by atoms with Crippen molar-refractivity contribution in [1.29, 1.82) is 0 Å². The van der Waals surface area contributed by atoms with Gasteiger partial charge < -0.3 is 14.4 Å². The molecule has 1 N–H and O–H groups in total. The molecule has 0 bridgehead atoms. The number of rotatable bonds is 4. The van der Waals surface area contributed by atoms with Crippen molar-refractivity contribution in [2.75, 3.05) is 0 Å². The van der Waals surface area contributed by atoms with Crippen molar-refractivity contribution in [3.05, 3.63) is 80.8 Å². The zero-order valence-electron chi connectivity index (χ0n) is 17.5. The van der Waals surface area contributed by atoms with E-state index in [-0.39, 0.29) is 11.4 Å². The number of halogens is 1. The Kier molecular flexibility index (Phi) is 4.53. The molecule has 1 aliphatic carbocycles. The minimum absolute atomic E-state index is 0.0431. The van der Waals surface area contributed by atoms with E-state index < -0.39 is 5.60 Å². The lowest BCUT2D eigenvalue weighted by Gasteiger charge is -2.18. The lowest BCUT2D eigenvalue weighted by molar-refractivity contribution is 0.151. The highest BCUT2D eigenvalue weighted by Gasteiger charge is 2.42.